The molecule has 1 atom stereocenters. The molecular weight excluding hydrogens is 494 g/mol. The summed E-state index contributed by atoms with van der Waals surface area (Å²) in [6.07, 6.45) is 2.29. The fraction of sp³-hybridized carbons (Fsp3) is 0.267. The number of nitrogens with one attached hydrogen (secondary N) is 2. The molecule has 0 radical (unpaired) electrons. The molecule has 0 saturated carbocycles. The molecule has 2 aromatic carbocycles. The van der Waals surface area contributed by atoms with E-state index in [9.17, 15) is 14.4 Å². The molecule has 2 aliphatic rings. The Bertz CT molecular complexity index is 1420. The zero-order chi connectivity index (χ0) is 27.6. The number of carbonyl (C=O) groups excluding carboxylic acids is 3. The first kappa shape index (κ1) is 26.0. The van der Waals surface area contributed by atoms with Gasteiger partial charge in [0.25, 0.3) is 5.91 Å². The molecule has 1 aromatic heterocycles. The van der Waals surface area contributed by atoms with Crippen molar-refractivity contribution in [3.63, 3.8) is 0 Å². The van der Waals surface area contributed by atoms with Crippen molar-refractivity contribution in [2.24, 2.45) is 0 Å². The number of urea groups is 1. The second kappa shape index (κ2) is 10.6. The Kier molecular flexibility index (Phi) is 7.06. The maximum Gasteiger partial charge on any atom is 0.322 e. The third-order valence-electron chi connectivity index (χ3n) is 7.15. The molecule has 0 fully saturated rings. The Labute approximate surface area is 227 Å². The Hall–Kier alpha value is -4.66. The van der Waals surface area contributed by atoms with Gasteiger partial charge in [0.1, 0.15) is 17.0 Å². The highest BCUT2D eigenvalue weighted by molar-refractivity contribution is 6.04. The molecule has 2 aliphatic heterocycles. The lowest BCUT2D eigenvalue weighted by molar-refractivity contribution is -0.141. The van der Waals surface area contributed by atoms with E-state index in [4.69, 9.17) is 4.74 Å². The van der Waals surface area contributed by atoms with Gasteiger partial charge in [-0.3, -0.25) is 19.5 Å². The lowest BCUT2D eigenvalue weighted by atomic mass is 9.95. The summed E-state index contributed by atoms with van der Waals surface area (Å²) in [5.41, 5.74) is 1.47. The van der Waals surface area contributed by atoms with E-state index in [1.807, 2.05) is 72.8 Å². The highest BCUT2D eigenvalue weighted by Crippen LogP contribution is 2.39. The number of hydrogen-bond donors (Lipinski definition) is 2. The average Bonchev–Trinajstić information content (AvgIpc) is 3.30. The molecule has 9 heteroatoms. The van der Waals surface area contributed by atoms with E-state index in [1.54, 1.807) is 27.1 Å². The molecule has 200 valence electrons. The summed E-state index contributed by atoms with van der Waals surface area (Å²) < 4.78 is 5.98. The molecule has 0 aliphatic carbocycles. The van der Waals surface area contributed by atoms with Crippen LogP contribution >= 0.6 is 0 Å². The molecular formula is C30H31N5O4. The number of likely N-dealkylation sites (N-methyl/N-ethyl adjacent to an activating group) is 1. The first-order valence-corrected chi connectivity index (χ1v) is 12.9. The number of amides is 4. The van der Waals surface area contributed by atoms with Crippen LogP contribution in [0, 0.1) is 0 Å². The Morgan fingerprint density at radius 3 is 2.54 bits per heavy atom. The smallest absolute Gasteiger partial charge is 0.322 e. The van der Waals surface area contributed by atoms with Crippen LogP contribution in [0.2, 0.25) is 0 Å². The van der Waals surface area contributed by atoms with Gasteiger partial charge in [-0.25, -0.2) is 4.79 Å². The number of ether oxygens (including phenoxy) is 1. The van der Waals surface area contributed by atoms with E-state index in [0.29, 0.717) is 41.3 Å². The minimum atomic E-state index is -1.15. The van der Waals surface area contributed by atoms with Crippen molar-refractivity contribution in [2.75, 3.05) is 20.1 Å². The van der Waals surface area contributed by atoms with Crippen LogP contribution < -0.4 is 15.4 Å². The number of rotatable bonds is 8. The number of para-hydroxylation sites is 1. The van der Waals surface area contributed by atoms with Crippen molar-refractivity contribution < 1.29 is 19.1 Å². The van der Waals surface area contributed by atoms with E-state index in [2.05, 4.69) is 15.6 Å². The third-order valence-corrected chi connectivity index (χ3v) is 7.15. The quantitative estimate of drug-likeness (QED) is 0.466. The predicted octanol–water partition coefficient (Wildman–Crippen LogP) is 3.80. The van der Waals surface area contributed by atoms with Gasteiger partial charge in [-0.05, 0) is 55.8 Å². The van der Waals surface area contributed by atoms with Crippen molar-refractivity contribution in [1.29, 1.82) is 0 Å². The fourth-order valence-electron chi connectivity index (χ4n) is 4.84. The van der Waals surface area contributed by atoms with Gasteiger partial charge in [0, 0.05) is 31.9 Å². The zero-order valence-corrected chi connectivity index (χ0v) is 22.2. The first-order valence-electron chi connectivity index (χ1n) is 12.9. The van der Waals surface area contributed by atoms with Gasteiger partial charge in [0.2, 0.25) is 5.91 Å². The summed E-state index contributed by atoms with van der Waals surface area (Å²) in [5, 5.41) is 5.89. The molecule has 5 rings (SSSR count). The van der Waals surface area contributed by atoms with Gasteiger partial charge in [-0.2, -0.15) is 0 Å². The fourth-order valence-corrected chi connectivity index (χ4v) is 4.84. The molecule has 3 aromatic rings. The highest BCUT2D eigenvalue weighted by atomic mass is 16.5. The van der Waals surface area contributed by atoms with Crippen LogP contribution in [0.5, 0.6) is 11.5 Å². The summed E-state index contributed by atoms with van der Waals surface area (Å²) in [4.78, 5) is 47.3. The second-order valence-electron chi connectivity index (χ2n) is 10.1. The summed E-state index contributed by atoms with van der Waals surface area (Å²) in [6.45, 7) is 3.98. The standard InChI is InChI=1S/C30H31N5O4/c1-30(2,28(37)32-17-15-21-11-7-8-16-31-21)35-19-24-25(27(35)36)26(33-29(38)34(24)3)20-10-9-14-23(18-20)39-22-12-5-4-6-13-22/h4-14,16,18,26H,15,17,19H2,1-3H3,(H,32,37)(H,33,38). The van der Waals surface area contributed by atoms with E-state index in [0.717, 1.165) is 5.69 Å². The van der Waals surface area contributed by atoms with Crippen LogP contribution in [0.25, 0.3) is 0 Å². The number of aromatic nitrogens is 1. The van der Waals surface area contributed by atoms with Crippen molar-refractivity contribution in [3.8, 4) is 11.5 Å². The lowest BCUT2D eigenvalue weighted by Gasteiger charge is -2.34. The van der Waals surface area contributed by atoms with Gasteiger partial charge in [0.05, 0.1) is 23.9 Å². The Morgan fingerprint density at radius 2 is 1.79 bits per heavy atom. The van der Waals surface area contributed by atoms with E-state index in [1.165, 1.54) is 9.80 Å². The topological polar surface area (TPSA) is 104 Å². The molecule has 0 bridgehead atoms. The first-order chi connectivity index (χ1) is 18.8. The average molecular weight is 526 g/mol. The number of carbonyl (C=O) groups is 3. The van der Waals surface area contributed by atoms with Crippen LogP contribution in [0.3, 0.4) is 0 Å². The minimum absolute atomic E-state index is 0.148. The normalized spacial score (nSPS) is 17.2. The van der Waals surface area contributed by atoms with Gasteiger partial charge < -0.3 is 20.3 Å². The Balaban J connectivity index is 1.35. The maximum absolute atomic E-state index is 13.9. The van der Waals surface area contributed by atoms with Crippen LogP contribution in [0.15, 0.2) is 90.3 Å². The monoisotopic (exact) mass is 525 g/mol. The molecule has 9 nitrogen and oxygen atoms in total. The molecule has 3 heterocycles. The van der Waals surface area contributed by atoms with Crippen LogP contribution in [-0.2, 0) is 16.0 Å². The molecule has 39 heavy (non-hydrogen) atoms. The lowest BCUT2D eigenvalue weighted by Crippen LogP contribution is -2.56. The maximum atomic E-state index is 13.9. The van der Waals surface area contributed by atoms with Gasteiger partial charge in [0.15, 0.2) is 0 Å². The number of benzene rings is 2. The van der Waals surface area contributed by atoms with Crippen molar-refractivity contribution in [2.45, 2.75) is 31.8 Å². The summed E-state index contributed by atoms with van der Waals surface area (Å²) in [6, 6.07) is 21.4. The third kappa shape index (κ3) is 5.20. The van der Waals surface area contributed by atoms with E-state index in [-0.39, 0.29) is 24.4 Å². The number of nitrogens with zero attached hydrogens (tertiary/aromatic N) is 3. The van der Waals surface area contributed by atoms with Gasteiger partial charge in [-0.1, -0.05) is 36.4 Å². The largest absolute Gasteiger partial charge is 0.457 e. The zero-order valence-electron chi connectivity index (χ0n) is 22.2. The molecule has 1 unspecified atom stereocenters. The van der Waals surface area contributed by atoms with Crippen molar-refractivity contribution >= 4 is 17.8 Å². The van der Waals surface area contributed by atoms with E-state index < -0.39 is 11.6 Å². The summed E-state index contributed by atoms with van der Waals surface area (Å²) >= 11 is 0. The van der Waals surface area contributed by atoms with Gasteiger partial charge >= 0.3 is 6.03 Å². The molecule has 0 saturated heterocycles. The summed E-state index contributed by atoms with van der Waals surface area (Å²) in [7, 11) is 1.63. The summed E-state index contributed by atoms with van der Waals surface area (Å²) in [5.74, 6) is 0.703. The van der Waals surface area contributed by atoms with Crippen LogP contribution in [0.4, 0.5) is 4.79 Å². The van der Waals surface area contributed by atoms with Gasteiger partial charge in [-0.15, -0.1) is 0 Å². The molecule has 2 N–H and O–H groups in total. The van der Waals surface area contributed by atoms with Crippen molar-refractivity contribution in [3.05, 3.63) is 102 Å². The predicted molar refractivity (Wildman–Crippen MR) is 146 cm³/mol. The Morgan fingerprint density at radius 1 is 1.05 bits per heavy atom. The van der Waals surface area contributed by atoms with Crippen molar-refractivity contribution in [1.82, 2.24) is 25.4 Å². The van der Waals surface area contributed by atoms with Crippen LogP contribution in [-0.4, -0.2) is 58.3 Å². The second-order valence-corrected chi connectivity index (χ2v) is 10.1. The molecule has 4 amide bonds. The van der Waals surface area contributed by atoms with Crippen LogP contribution in [0.1, 0.15) is 31.1 Å². The minimum Gasteiger partial charge on any atom is -0.457 e. The molecule has 0 spiro atoms. The van der Waals surface area contributed by atoms with E-state index >= 15 is 0 Å². The highest BCUT2D eigenvalue weighted by Gasteiger charge is 2.49. The number of pyridine rings is 1. The number of hydrogen-bond acceptors (Lipinski definition) is 5. The SMILES string of the molecule is CN1C(=O)NC(c2cccc(Oc3ccccc3)c2)C2=C1CN(C(C)(C)C(=O)NCCc1ccccn1)C2=O.